The van der Waals surface area contributed by atoms with Crippen LogP contribution in [0.4, 0.5) is 5.69 Å². The van der Waals surface area contributed by atoms with Crippen molar-refractivity contribution in [2.45, 2.75) is 19.4 Å². The standard InChI is InChI=1S/C27H31N3O/c1-2-22-11-9-10-16-25(22)28-26(31)21-29-17-19-30(20-18-29)27(23-12-5-3-6-13-23)24-14-7-4-8-15-24/h3-16,27H,2,17-21H2,1H3,(H,28,31)/p+2. The van der Waals surface area contributed by atoms with E-state index in [2.05, 4.69) is 79.0 Å². The van der Waals surface area contributed by atoms with Gasteiger partial charge >= 0.3 is 0 Å². The quantitative estimate of drug-likeness (QED) is 0.541. The van der Waals surface area contributed by atoms with Gasteiger partial charge in [0.05, 0.1) is 0 Å². The zero-order valence-corrected chi connectivity index (χ0v) is 18.3. The van der Waals surface area contributed by atoms with Gasteiger partial charge in [0, 0.05) is 16.8 Å². The number of benzene rings is 3. The van der Waals surface area contributed by atoms with Crippen LogP contribution in [0.3, 0.4) is 0 Å². The van der Waals surface area contributed by atoms with Crippen molar-refractivity contribution in [2.24, 2.45) is 0 Å². The van der Waals surface area contributed by atoms with Gasteiger partial charge in [-0.2, -0.15) is 0 Å². The van der Waals surface area contributed by atoms with Crippen LogP contribution < -0.4 is 15.1 Å². The third kappa shape index (κ3) is 5.40. The number of anilines is 1. The molecule has 0 aromatic heterocycles. The highest BCUT2D eigenvalue weighted by Gasteiger charge is 2.32. The fraction of sp³-hybridized carbons (Fsp3) is 0.296. The molecule has 3 aromatic rings. The van der Waals surface area contributed by atoms with E-state index >= 15 is 0 Å². The molecule has 1 aliphatic rings. The van der Waals surface area contributed by atoms with Crippen LogP contribution in [0, 0.1) is 0 Å². The van der Waals surface area contributed by atoms with Crippen LogP contribution in [0.15, 0.2) is 84.9 Å². The van der Waals surface area contributed by atoms with E-state index < -0.39 is 0 Å². The molecule has 3 N–H and O–H groups in total. The molecule has 0 radical (unpaired) electrons. The highest BCUT2D eigenvalue weighted by molar-refractivity contribution is 5.92. The van der Waals surface area contributed by atoms with Gasteiger partial charge < -0.3 is 15.1 Å². The molecule has 1 aliphatic heterocycles. The van der Waals surface area contributed by atoms with Crippen LogP contribution in [0.2, 0.25) is 0 Å². The summed E-state index contributed by atoms with van der Waals surface area (Å²) < 4.78 is 0. The van der Waals surface area contributed by atoms with Gasteiger partial charge in [0.1, 0.15) is 32.2 Å². The van der Waals surface area contributed by atoms with Gasteiger partial charge in [0.15, 0.2) is 6.54 Å². The maximum absolute atomic E-state index is 12.7. The number of carbonyl (C=O) groups is 1. The van der Waals surface area contributed by atoms with Crippen LogP contribution in [-0.4, -0.2) is 38.6 Å². The summed E-state index contributed by atoms with van der Waals surface area (Å²) in [7, 11) is 0. The summed E-state index contributed by atoms with van der Waals surface area (Å²) in [5.41, 5.74) is 4.86. The number of quaternary nitrogens is 2. The van der Waals surface area contributed by atoms with Gasteiger partial charge in [-0.15, -0.1) is 0 Å². The summed E-state index contributed by atoms with van der Waals surface area (Å²) in [6.45, 7) is 6.79. The maximum atomic E-state index is 12.7. The first-order valence-electron chi connectivity index (χ1n) is 11.4. The second-order valence-corrected chi connectivity index (χ2v) is 8.40. The van der Waals surface area contributed by atoms with E-state index in [-0.39, 0.29) is 5.91 Å². The topological polar surface area (TPSA) is 38.0 Å². The zero-order chi connectivity index (χ0) is 21.5. The molecular weight excluding hydrogens is 382 g/mol. The van der Waals surface area contributed by atoms with E-state index in [1.54, 1.807) is 4.90 Å². The molecule has 0 unspecified atom stereocenters. The normalized spacial score (nSPS) is 18.6. The lowest BCUT2D eigenvalue weighted by molar-refractivity contribution is -1.02. The Bertz CT molecular complexity index is 927. The summed E-state index contributed by atoms with van der Waals surface area (Å²) >= 11 is 0. The fourth-order valence-corrected chi connectivity index (χ4v) is 4.72. The average molecular weight is 416 g/mol. The number of para-hydroxylation sites is 1. The first-order valence-corrected chi connectivity index (χ1v) is 11.4. The van der Waals surface area contributed by atoms with Gasteiger partial charge in [-0.25, -0.2) is 0 Å². The highest BCUT2D eigenvalue weighted by atomic mass is 16.2. The summed E-state index contributed by atoms with van der Waals surface area (Å²) in [4.78, 5) is 15.6. The summed E-state index contributed by atoms with van der Waals surface area (Å²) in [6.07, 6.45) is 0.922. The Hall–Kier alpha value is -2.95. The Kier molecular flexibility index (Phi) is 7.13. The molecular formula is C27H33N3O+2. The van der Waals surface area contributed by atoms with Crippen molar-refractivity contribution in [2.75, 3.05) is 38.0 Å². The minimum absolute atomic E-state index is 0.113. The smallest absolute Gasteiger partial charge is 0.279 e. The SMILES string of the molecule is CCc1ccccc1NC(=O)C[NH+]1CC[NH+](C(c2ccccc2)c2ccccc2)CC1. The molecule has 1 amide bonds. The Morgan fingerprint density at radius 1 is 0.806 bits per heavy atom. The molecule has 1 fully saturated rings. The monoisotopic (exact) mass is 415 g/mol. The van der Waals surface area contributed by atoms with Crippen molar-refractivity contribution in [3.05, 3.63) is 102 Å². The molecule has 160 valence electrons. The maximum Gasteiger partial charge on any atom is 0.279 e. The Labute approximate surface area is 185 Å². The van der Waals surface area contributed by atoms with E-state index in [9.17, 15) is 4.79 Å². The van der Waals surface area contributed by atoms with E-state index in [0.717, 1.165) is 38.3 Å². The third-order valence-electron chi connectivity index (χ3n) is 6.36. The number of hydrogen-bond donors (Lipinski definition) is 3. The van der Waals surface area contributed by atoms with Crippen LogP contribution in [0.5, 0.6) is 0 Å². The van der Waals surface area contributed by atoms with E-state index in [0.29, 0.717) is 12.6 Å². The van der Waals surface area contributed by atoms with Crippen molar-refractivity contribution < 1.29 is 14.6 Å². The number of amides is 1. The molecule has 0 atom stereocenters. The van der Waals surface area contributed by atoms with E-state index in [1.165, 1.54) is 21.6 Å². The van der Waals surface area contributed by atoms with Crippen LogP contribution in [0.1, 0.15) is 29.7 Å². The summed E-state index contributed by atoms with van der Waals surface area (Å²) in [6, 6.07) is 30.1. The van der Waals surface area contributed by atoms with Crippen LogP contribution >= 0.6 is 0 Å². The van der Waals surface area contributed by atoms with Crippen molar-refractivity contribution in [1.82, 2.24) is 0 Å². The lowest BCUT2D eigenvalue weighted by Gasteiger charge is -2.35. The minimum atomic E-state index is 0.113. The molecule has 0 saturated carbocycles. The highest BCUT2D eigenvalue weighted by Crippen LogP contribution is 2.19. The molecule has 1 heterocycles. The minimum Gasteiger partial charge on any atom is -0.321 e. The van der Waals surface area contributed by atoms with Crippen molar-refractivity contribution >= 4 is 11.6 Å². The average Bonchev–Trinajstić information content (AvgIpc) is 2.82. The van der Waals surface area contributed by atoms with E-state index in [1.807, 2.05) is 18.2 Å². The Morgan fingerprint density at radius 2 is 1.35 bits per heavy atom. The van der Waals surface area contributed by atoms with Gasteiger partial charge in [-0.1, -0.05) is 85.8 Å². The third-order valence-corrected chi connectivity index (χ3v) is 6.36. The number of nitrogens with one attached hydrogen (secondary N) is 3. The zero-order valence-electron chi connectivity index (χ0n) is 18.3. The van der Waals surface area contributed by atoms with E-state index in [4.69, 9.17) is 0 Å². The lowest BCUT2D eigenvalue weighted by atomic mass is 9.96. The predicted octanol–water partition coefficient (Wildman–Crippen LogP) is 1.76. The van der Waals surface area contributed by atoms with Crippen LogP contribution in [0.25, 0.3) is 0 Å². The summed E-state index contributed by atoms with van der Waals surface area (Å²) in [5, 5.41) is 3.13. The molecule has 4 heteroatoms. The van der Waals surface area contributed by atoms with Gasteiger partial charge in [0.2, 0.25) is 0 Å². The fourth-order valence-electron chi connectivity index (χ4n) is 4.72. The number of piperazine rings is 1. The molecule has 31 heavy (non-hydrogen) atoms. The second kappa shape index (κ2) is 10.4. The first-order chi connectivity index (χ1) is 15.2. The molecule has 3 aromatic carbocycles. The van der Waals surface area contributed by atoms with Crippen LogP contribution in [-0.2, 0) is 11.2 Å². The lowest BCUT2D eigenvalue weighted by Crippen LogP contribution is -3.28. The van der Waals surface area contributed by atoms with Gasteiger partial charge in [-0.05, 0) is 18.1 Å². The molecule has 4 rings (SSSR count). The number of hydrogen-bond acceptors (Lipinski definition) is 1. The van der Waals surface area contributed by atoms with Crippen molar-refractivity contribution in [3.63, 3.8) is 0 Å². The molecule has 0 bridgehead atoms. The Morgan fingerprint density at radius 3 is 1.94 bits per heavy atom. The predicted molar refractivity (Wildman–Crippen MR) is 125 cm³/mol. The van der Waals surface area contributed by atoms with Crippen molar-refractivity contribution in [1.29, 1.82) is 0 Å². The molecule has 4 nitrogen and oxygen atoms in total. The van der Waals surface area contributed by atoms with Gasteiger partial charge in [0.25, 0.3) is 5.91 Å². The Balaban J connectivity index is 1.38. The number of aryl methyl sites for hydroxylation is 1. The summed E-state index contributed by atoms with van der Waals surface area (Å²) in [5.74, 6) is 0.113. The largest absolute Gasteiger partial charge is 0.321 e. The van der Waals surface area contributed by atoms with Crippen molar-refractivity contribution in [3.8, 4) is 0 Å². The number of rotatable bonds is 7. The number of carbonyl (C=O) groups excluding carboxylic acids is 1. The molecule has 1 saturated heterocycles. The molecule has 0 aliphatic carbocycles. The molecule has 0 spiro atoms. The first kappa shape index (κ1) is 21.3. The second-order valence-electron chi connectivity index (χ2n) is 8.40. The van der Waals surface area contributed by atoms with Gasteiger partial charge in [-0.3, -0.25) is 4.79 Å².